The molecule has 1 fully saturated rings. The number of hydrogen-bond donors (Lipinski definition) is 0. The number of benzene rings is 2. The third-order valence-corrected chi connectivity index (χ3v) is 6.04. The number of nitrogens with zero attached hydrogens (tertiary/aromatic N) is 2. The second-order valence-electron chi connectivity index (χ2n) is 9.10. The number of carbonyl (C=O) groups is 1. The summed E-state index contributed by atoms with van der Waals surface area (Å²) in [6, 6.07) is 10.6. The maximum Gasteiger partial charge on any atom is 0.225 e. The number of carbonyl (C=O) groups excluding carboxylic acids is 1. The van der Waals surface area contributed by atoms with Crippen molar-refractivity contribution in [3.05, 3.63) is 71.0 Å². The summed E-state index contributed by atoms with van der Waals surface area (Å²) >= 11 is 0. The lowest BCUT2D eigenvalue weighted by molar-refractivity contribution is -0.136. The average Bonchev–Trinajstić information content (AvgIpc) is 3.11. The number of rotatable bonds is 7. The Labute approximate surface area is 182 Å². The molecule has 0 spiro atoms. The Morgan fingerprint density at radius 3 is 2.26 bits per heavy atom. The van der Waals surface area contributed by atoms with Gasteiger partial charge < -0.3 is 4.90 Å². The normalized spacial score (nSPS) is 19.4. The predicted molar refractivity (Wildman–Crippen MR) is 116 cm³/mol. The minimum absolute atomic E-state index is 0.0732. The summed E-state index contributed by atoms with van der Waals surface area (Å²) in [5.41, 5.74) is 1.73. The van der Waals surface area contributed by atoms with Gasteiger partial charge in [0.25, 0.3) is 0 Å². The van der Waals surface area contributed by atoms with E-state index in [2.05, 4.69) is 4.90 Å². The van der Waals surface area contributed by atoms with Crippen molar-refractivity contribution < 1.29 is 18.0 Å². The van der Waals surface area contributed by atoms with Crippen molar-refractivity contribution >= 4 is 5.91 Å². The van der Waals surface area contributed by atoms with E-state index in [1.54, 1.807) is 18.2 Å². The average molecular weight is 433 g/mol. The van der Waals surface area contributed by atoms with Gasteiger partial charge in [-0.3, -0.25) is 9.69 Å². The molecule has 2 aromatic carbocycles. The fourth-order valence-electron chi connectivity index (χ4n) is 4.40. The second-order valence-corrected chi connectivity index (χ2v) is 9.10. The summed E-state index contributed by atoms with van der Waals surface area (Å²) < 4.78 is 40.4. The van der Waals surface area contributed by atoms with E-state index in [-0.39, 0.29) is 35.5 Å². The Morgan fingerprint density at radius 1 is 1.00 bits per heavy atom. The molecular formula is C25H31F3N2O. The molecule has 1 heterocycles. The van der Waals surface area contributed by atoms with Crippen molar-refractivity contribution in [2.24, 2.45) is 11.8 Å². The van der Waals surface area contributed by atoms with Gasteiger partial charge in [-0.1, -0.05) is 32.0 Å². The van der Waals surface area contributed by atoms with Gasteiger partial charge in [-0.05, 0) is 55.2 Å². The summed E-state index contributed by atoms with van der Waals surface area (Å²) in [5, 5.41) is 0. The Morgan fingerprint density at radius 2 is 1.68 bits per heavy atom. The zero-order valence-corrected chi connectivity index (χ0v) is 18.6. The van der Waals surface area contributed by atoms with E-state index in [9.17, 15) is 18.0 Å². The summed E-state index contributed by atoms with van der Waals surface area (Å²) in [6.45, 7) is 10.4. The smallest absolute Gasteiger partial charge is 0.225 e. The van der Waals surface area contributed by atoms with Crippen LogP contribution in [0, 0.1) is 29.3 Å². The molecule has 0 aliphatic carbocycles. The van der Waals surface area contributed by atoms with E-state index >= 15 is 0 Å². The van der Waals surface area contributed by atoms with Gasteiger partial charge >= 0.3 is 0 Å². The standard InChI is InChI=1S/C25H31F3N2O/c1-16(2)25(31)30(17(3)4)14-20-13-29(12-18-5-10-23(27)24(28)11-18)15-22(20)19-6-8-21(26)9-7-19/h5-11,16-17,20,22H,12-15H2,1-4H3. The first kappa shape index (κ1) is 23.3. The number of hydrogen-bond acceptors (Lipinski definition) is 2. The Balaban J connectivity index is 1.83. The van der Waals surface area contributed by atoms with E-state index in [1.165, 1.54) is 18.2 Å². The van der Waals surface area contributed by atoms with Gasteiger partial charge in [0, 0.05) is 44.1 Å². The fourth-order valence-corrected chi connectivity index (χ4v) is 4.40. The van der Waals surface area contributed by atoms with Crippen LogP contribution < -0.4 is 0 Å². The zero-order chi connectivity index (χ0) is 22.7. The van der Waals surface area contributed by atoms with Crippen LogP contribution in [-0.4, -0.2) is 41.4 Å². The summed E-state index contributed by atoms with van der Waals surface area (Å²) in [6.07, 6.45) is 0. The second kappa shape index (κ2) is 9.86. The first-order chi connectivity index (χ1) is 14.7. The molecule has 31 heavy (non-hydrogen) atoms. The topological polar surface area (TPSA) is 23.6 Å². The molecule has 1 saturated heterocycles. The summed E-state index contributed by atoms with van der Waals surface area (Å²) in [7, 11) is 0. The number of likely N-dealkylation sites (tertiary alicyclic amines) is 1. The van der Waals surface area contributed by atoms with Crippen LogP contribution in [-0.2, 0) is 11.3 Å². The number of halogens is 3. The molecule has 6 heteroatoms. The van der Waals surface area contributed by atoms with Crippen LogP contribution in [0.3, 0.4) is 0 Å². The molecule has 3 nitrogen and oxygen atoms in total. The van der Waals surface area contributed by atoms with E-state index in [1.807, 2.05) is 32.6 Å². The first-order valence-electron chi connectivity index (χ1n) is 10.9. The fraction of sp³-hybridized carbons (Fsp3) is 0.480. The Bertz CT molecular complexity index is 898. The molecule has 2 atom stereocenters. The molecule has 0 bridgehead atoms. The van der Waals surface area contributed by atoms with Crippen molar-refractivity contribution in [1.29, 1.82) is 0 Å². The van der Waals surface area contributed by atoms with Gasteiger partial charge in [-0.2, -0.15) is 0 Å². The minimum Gasteiger partial charge on any atom is -0.340 e. The molecule has 1 aliphatic heterocycles. The van der Waals surface area contributed by atoms with Gasteiger partial charge in [0.2, 0.25) is 5.91 Å². The van der Waals surface area contributed by atoms with Gasteiger partial charge in [-0.25, -0.2) is 13.2 Å². The van der Waals surface area contributed by atoms with Crippen LogP contribution >= 0.6 is 0 Å². The molecule has 1 amide bonds. The minimum atomic E-state index is -0.855. The van der Waals surface area contributed by atoms with Gasteiger partial charge in [0.05, 0.1) is 0 Å². The van der Waals surface area contributed by atoms with Crippen molar-refractivity contribution in [2.45, 2.75) is 46.2 Å². The summed E-state index contributed by atoms with van der Waals surface area (Å²) in [4.78, 5) is 16.9. The summed E-state index contributed by atoms with van der Waals surface area (Å²) in [5.74, 6) is -1.69. The van der Waals surface area contributed by atoms with Gasteiger partial charge in [-0.15, -0.1) is 0 Å². The van der Waals surface area contributed by atoms with Crippen molar-refractivity contribution in [1.82, 2.24) is 9.80 Å². The Kier molecular flexibility index (Phi) is 7.42. The van der Waals surface area contributed by atoms with E-state index in [0.717, 1.165) is 18.2 Å². The first-order valence-corrected chi connectivity index (χ1v) is 10.9. The molecule has 0 radical (unpaired) electrons. The molecule has 168 valence electrons. The van der Waals surface area contributed by atoms with E-state index < -0.39 is 11.6 Å². The Hall–Kier alpha value is -2.34. The van der Waals surface area contributed by atoms with Crippen molar-refractivity contribution in [2.75, 3.05) is 19.6 Å². The highest BCUT2D eigenvalue weighted by Gasteiger charge is 2.36. The largest absolute Gasteiger partial charge is 0.340 e. The molecular weight excluding hydrogens is 401 g/mol. The molecule has 1 aliphatic rings. The molecule has 0 N–H and O–H groups in total. The molecule has 0 saturated carbocycles. The monoisotopic (exact) mass is 432 g/mol. The van der Waals surface area contributed by atoms with Crippen LogP contribution in [0.25, 0.3) is 0 Å². The van der Waals surface area contributed by atoms with Crippen molar-refractivity contribution in [3.63, 3.8) is 0 Å². The van der Waals surface area contributed by atoms with E-state index in [0.29, 0.717) is 25.2 Å². The maximum atomic E-state index is 13.7. The predicted octanol–water partition coefficient (Wildman–Crippen LogP) is 5.21. The van der Waals surface area contributed by atoms with E-state index in [4.69, 9.17) is 0 Å². The van der Waals surface area contributed by atoms with Crippen LogP contribution in [0.4, 0.5) is 13.2 Å². The lowest BCUT2D eigenvalue weighted by Gasteiger charge is -2.33. The van der Waals surface area contributed by atoms with Crippen LogP contribution in [0.15, 0.2) is 42.5 Å². The lowest BCUT2D eigenvalue weighted by Crippen LogP contribution is -2.43. The molecule has 3 rings (SSSR count). The quantitative estimate of drug-likeness (QED) is 0.600. The maximum absolute atomic E-state index is 13.7. The van der Waals surface area contributed by atoms with Crippen LogP contribution in [0.5, 0.6) is 0 Å². The van der Waals surface area contributed by atoms with Crippen molar-refractivity contribution in [3.8, 4) is 0 Å². The van der Waals surface area contributed by atoms with Gasteiger partial charge in [0.15, 0.2) is 11.6 Å². The third kappa shape index (κ3) is 5.67. The molecule has 2 unspecified atom stereocenters. The highest BCUT2D eigenvalue weighted by molar-refractivity contribution is 5.78. The number of amides is 1. The van der Waals surface area contributed by atoms with Crippen LogP contribution in [0.2, 0.25) is 0 Å². The molecule has 0 aromatic heterocycles. The SMILES string of the molecule is CC(C)C(=O)N(CC1CN(Cc2ccc(F)c(F)c2)CC1c1ccc(F)cc1)C(C)C. The highest BCUT2D eigenvalue weighted by Crippen LogP contribution is 2.35. The van der Waals surface area contributed by atoms with Crippen LogP contribution in [0.1, 0.15) is 44.7 Å². The van der Waals surface area contributed by atoms with Gasteiger partial charge in [0.1, 0.15) is 5.82 Å². The lowest BCUT2D eigenvalue weighted by atomic mass is 9.88. The third-order valence-electron chi connectivity index (χ3n) is 6.04. The highest BCUT2D eigenvalue weighted by atomic mass is 19.2. The zero-order valence-electron chi connectivity index (χ0n) is 18.6. The molecule has 2 aromatic rings.